The molecule has 0 aromatic carbocycles. The summed E-state index contributed by atoms with van der Waals surface area (Å²) in [6.07, 6.45) is -4.68. The summed E-state index contributed by atoms with van der Waals surface area (Å²) in [5.74, 6) is -1.65. The first kappa shape index (κ1) is 13.9. The van der Waals surface area contributed by atoms with Gasteiger partial charge in [0.1, 0.15) is 0 Å². The zero-order valence-corrected chi connectivity index (χ0v) is 8.91. The largest absolute Gasteiger partial charge is 0.393 e. The molecule has 0 aliphatic rings. The summed E-state index contributed by atoms with van der Waals surface area (Å²) >= 11 is 0. The SMILES string of the molecule is CC(C)(C[C@H](CN)C(F)(F)F)S(N)=O. The molecule has 1 unspecified atom stereocenters. The molecule has 0 aliphatic heterocycles. The predicted molar refractivity (Wildman–Crippen MR) is 49.6 cm³/mol. The molecule has 0 aromatic heterocycles. The number of nitrogens with two attached hydrogens (primary N) is 2. The van der Waals surface area contributed by atoms with Gasteiger partial charge in [0.25, 0.3) is 0 Å². The second kappa shape index (κ2) is 4.59. The maximum atomic E-state index is 12.3. The molecule has 0 fully saturated rings. The van der Waals surface area contributed by atoms with Crippen molar-refractivity contribution < 1.29 is 17.4 Å². The molecular weight excluding hydrogens is 217 g/mol. The molecule has 0 rings (SSSR count). The van der Waals surface area contributed by atoms with E-state index in [1.165, 1.54) is 13.8 Å². The number of halogens is 3. The van der Waals surface area contributed by atoms with Gasteiger partial charge in [-0.05, 0) is 20.3 Å². The third kappa shape index (κ3) is 3.93. The minimum atomic E-state index is -4.36. The summed E-state index contributed by atoms with van der Waals surface area (Å²) in [6.45, 7) is 2.35. The standard InChI is InChI=1S/C7H15F3N2OS/c1-6(2,14(12)13)3-5(4-11)7(8,9)10/h5H,3-4,11-12H2,1-2H3/t5-,14?/m1/s1. The van der Waals surface area contributed by atoms with Crippen molar-refractivity contribution in [3.8, 4) is 0 Å². The van der Waals surface area contributed by atoms with Crippen molar-refractivity contribution >= 4 is 11.0 Å². The highest BCUT2D eigenvalue weighted by Crippen LogP contribution is 2.33. The molecule has 7 heteroatoms. The van der Waals surface area contributed by atoms with Gasteiger partial charge in [-0.25, -0.2) is 4.21 Å². The Bertz CT molecular complexity index is 217. The van der Waals surface area contributed by atoms with Gasteiger partial charge in [-0.3, -0.25) is 5.14 Å². The van der Waals surface area contributed by atoms with Gasteiger partial charge in [0.15, 0.2) is 0 Å². The number of hydrogen-bond donors (Lipinski definition) is 2. The maximum absolute atomic E-state index is 12.3. The fraction of sp³-hybridized carbons (Fsp3) is 1.00. The molecule has 3 nitrogen and oxygen atoms in total. The molecule has 0 radical (unpaired) electrons. The Hall–Kier alpha value is -0.140. The Morgan fingerprint density at radius 3 is 2.00 bits per heavy atom. The van der Waals surface area contributed by atoms with Crippen LogP contribution in [0.5, 0.6) is 0 Å². The molecule has 0 spiro atoms. The Morgan fingerprint density at radius 2 is 1.79 bits per heavy atom. The van der Waals surface area contributed by atoms with E-state index in [-0.39, 0.29) is 6.42 Å². The minimum absolute atomic E-state index is 0.323. The van der Waals surface area contributed by atoms with Crippen LogP contribution in [0, 0.1) is 5.92 Å². The van der Waals surface area contributed by atoms with E-state index in [1.54, 1.807) is 0 Å². The Labute approximate surface area is 83.6 Å². The second-order valence-corrected chi connectivity index (χ2v) is 5.44. The average Bonchev–Trinajstić information content (AvgIpc) is 1.97. The normalized spacial score (nSPS) is 17.9. The lowest BCUT2D eigenvalue weighted by Crippen LogP contribution is -2.41. The third-order valence-corrected chi connectivity index (χ3v) is 3.29. The van der Waals surface area contributed by atoms with E-state index in [4.69, 9.17) is 10.9 Å². The maximum Gasteiger partial charge on any atom is 0.393 e. The molecule has 0 amide bonds. The molecule has 0 saturated heterocycles. The zero-order valence-electron chi connectivity index (χ0n) is 8.10. The molecule has 14 heavy (non-hydrogen) atoms. The van der Waals surface area contributed by atoms with Crippen LogP contribution in [0.3, 0.4) is 0 Å². The van der Waals surface area contributed by atoms with Crippen molar-refractivity contribution in [3.63, 3.8) is 0 Å². The molecular formula is C7H15F3N2OS. The van der Waals surface area contributed by atoms with E-state index < -0.39 is 34.4 Å². The summed E-state index contributed by atoms with van der Waals surface area (Å²) in [5, 5.41) is 5.08. The summed E-state index contributed by atoms with van der Waals surface area (Å²) in [5.41, 5.74) is 5.01. The van der Waals surface area contributed by atoms with Crippen molar-refractivity contribution in [2.45, 2.75) is 31.2 Å². The van der Waals surface area contributed by atoms with Crippen LogP contribution < -0.4 is 10.9 Å². The van der Waals surface area contributed by atoms with Crippen molar-refractivity contribution in [2.24, 2.45) is 16.8 Å². The highest BCUT2D eigenvalue weighted by atomic mass is 32.2. The van der Waals surface area contributed by atoms with E-state index in [0.29, 0.717) is 0 Å². The molecule has 0 bridgehead atoms. The second-order valence-electron chi connectivity index (χ2n) is 3.74. The molecule has 0 aliphatic carbocycles. The van der Waals surface area contributed by atoms with Gasteiger partial charge < -0.3 is 5.73 Å². The Balaban J connectivity index is 4.55. The monoisotopic (exact) mass is 232 g/mol. The quantitative estimate of drug-likeness (QED) is 0.756. The third-order valence-electron chi connectivity index (χ3n) is 2.03. The number of alkyl halides is 3. The van der Waals surface area contributed by atoms with Gasteiger partial charge in [-0.2, -0.15) is 13.2 Å². The van der Waals surface area contributed by atoms with Gasteiger partial charge in [0, 0.05) is 6.54 Å². The van der Waals surface area contributed by atoms with Gasteiger partial charge in [-0.15, -0.1) is 0 Å². The summed E-state index contributed by atoms with van der Waals surface area (Å²) in [6, 6.07) is 0. The van der Waals surface area contributed by atoms with E-state index in [9.17, 15) is 17.4 Å². The number of hydrogen-bond acceptors (Lipinski definition) is 2. The van der Waals surface area contributed by atoms with E-state index in [1.807, 2.05) is 0 Å². The Kier molecular flexibility index (Phi) is 4.54. The van der Waals surface area contributed by atoms with Crippen molar-refractivity contribution in [2.75, 3.05) is 6.54 Å². The van der Waals surface area contributed by atoms with Crippen LogP contribution >= 0.6 is 0 Å². The predicted octanol–water partition coefficient (Wildman–Crippen LogP) is 0.915. The van der Waals surface area contributed by atoms with Crippen LogP contribution in [0.25, 0.3) is 0 Å². The first-order chi connectivity index (χ1) is 6.11. The number of rotatable bonds is 4. The van der Waals surface area contributed by atoms with Crippen LogP contribution in [-0.2, 0) is 11.0 Å². The fourth-order valence-corrected chi connectivity index (χ4v) is 1.37. The van der Waals surface area contributed by atoms with Gasteiger partial charge in [0.05, 0.1) is 21.7 Å². The van der Waals surface area contributed by atoms with Crippen molar-refractivity contribution in [1.82, 2.24) is 0 Å². The summed E-state index contributed by atoms with van der Waals surface area (Å²) in [7, 11) is -1.79. The van der Waals surface area contributed by atoms with Crippen LogP contribution in [0.15, 0.2) is 0 Å². The van der Waals surface area contributed by atoms with Crippen LogP contribution in [-0.4, -0.2) is 21.7 Å². The van der Waals surface area contributed by atoms with Gasteiger partial charge >= 0.3 is 6.18 Å². The van der Waals surface area contributed by atoms with Crippen molar-refractivity contribution in [1.29, 1.82) is 0 Å². The van der Waals surface area contributed by atoms with Gasteiger partial charge in [-0.1, -0.05) is 0 Å². The van der Waals surface area contributed by atoms with Gasteiger partial charge in [0.2, 0.25) is 0 Å². The molecule has 0 aromatic rings. The molecule has 2 atom stereocenters. The van der Waals surface area contributed by atoms with Crippen LogP contribution in [0.4, 0.5) is 13.2 Å². The zero-order chi connectivity index (χ0) is 11.6. The van der Waals surface area contributed by atoms with Crippen molar-refractivity contribution in [3.05, 3.63) is 0 Å². The fourth-order valence-electron chi connectivity index (χ4n) is 1.01. The molecule has 0 heterocycles. The van der Waals surface area contributed by atoms with Crippen LogP contribution in [0.2, 0.25) is 0 Å². The highest BCUT2D eigenvalue weighted by Gasteiger charge is 2.42. The minimum Gasteiger partial charge on any atom is -0.330 e. The Morgan fingerprint density at radius 1 is 1.36 bits per heavy atom. The van der Waals surface area contributed by atoms with Crippen LogP contribution in [0.1, 0.15) is 20.3 Å². The average molecular weight is 232 g/mol. The lowest BCUT2D eigenvalue weighted by molar-refractivity contribution is -0.174. The molecule has 0 saturated carbocycles. The first-order valence-corrected chi connectivity index (χ1v) is 5.25. The van der Waals surface area contributed by atoms with E-state index in [2.05, 4.69) is 0 Å². The van der Waals surface area contributed by atoms with E-state index in [0.717, 1.165) is 0 Å². The molecule has 4 N–H and O–H groups in total. The smallest absolute Gasteiger partial charge is 0.330 e. The first-order valence-electron chi connectivity index (χ1n) is 4.04. The summed E-state index contributed by atoms with van der Waals surface area (Å²) in [4.78, 5) is 0. The topological polar surface area (TPSA) is 69.1 Å². The highest BCUT2D eigenvalue weighted by molar-refractivity contribution is 7.84. The lowest BCUT2D eigenvalue weighted by atomic mass is 9.96. The molecule has 86 valence electrons. The van der Waals surface area contributed by atoms with E-state index >= 15 is 0 Å². The summed E-state index contributed by atoms with van der Waals surface area (Å²) < 4.78 is 46.7. The lowest BCUT2D eigenvalue weighted by Gasteiger charge is -2.27.